The van der Waals surface area contributed by atoms with Gasteiger partial charge in [0, 0.05) is 26.7 Å². The third-order valence-corrected chi connectivity index (χ3v) is 5.76. The van der Waals surface area contributed by atoms with E-state index in [-0.39, 0.29) is 14.9 Å². The van der Waals surface area contributed by atoms with Crippen molar-refractivity contribution in [2.45, 2.75) is 17.6 Å². The van der Waals surface area contributed by atoms with Crippen LogP contribution in [0.15, 0.2) is 10.3 Å². The summed E-state index contributed by atoms with van der Waals surface area (Å²) in [5, 5.41) is 13.7. The summed E-state index contributed by atoms with van der Waals surface area (Å²) in [6.07, 6.45) is 0.683. The highest BCUT2D eigenvalue weighted by atomic mass is 32.2. The number of nitro groups is 1. The summed E-state index contributed by atoms with van der Waals surface area (Å²) < 4.78 is 25.4. The third-order valence-electron chi connectivity index (χ3n) is 2.32. The van der Waals surface area contributed by atoms with Crippen LogP contribution in [-0.4, -0.2) is 38.3 Å². The number of hydrogen-bond donors (Lipinski definition) is 1. The number of nitrogens with zero attached hydrogens (tertiary/aromatic N) is 2. The molecule has 0 aliphatic rings. The molecule has 0 amide bonds. The lowest BCUT2D eigenvalue weighted by molar-refractivity contribution is -0.383. The molecule has 0 saturated carbocycles. The molecular formula is C9H15N3O4S2. The molecule has 0 aliphatic heterocycles. The lowest BCUT2D eigenvalue weighted by Gasteiger charge is -2.14. The number of anilines is 1. The molecule has 0 aliphatic carbocycles. The maximum absolute atomic E-state index is 12.1. The highest BCUT2D eigenvalue weighted by Crippen LogP contribution is 2.37. The molecule has 9 heteroatoms. The average molecular weight is 293 g/mol. The molecule has 0 aromatic carbocycles. The number of sulfonamides is 1. The van der Waals surface area contributed by atoms with Gasteiger partial charge in [-0.2, -0.15) is 0 Å². The molecule has 1 N–H and O–H groups in total. The SMILES string of the molecule is CCCN(C)S(=O)(=O)c1cc([N+](=O)[O-])c(NC)s1. The van der Waals surface area contributed by atoms with Crippen molar-refractivity contribution in [2.24, 2.45) is 0 Å². The molecule has 0 atom stereocenters. The van der Waals surface area contributed by atoms with Gasteiger partial charge >= 0.3 is 5.69 Å². The van der Waals surface area contributed by atoms with Crippen LogP contribution in [0.25, 0.3) is 0 Å². The Morgan fingerprint density at radius 1 is 1.56 bits per heavy atom. The molecule has 0 bridgehead atoms. The van der Waals surface area contributed by atoms with E-state index in [4.69, 9.17) is 0 Å². The molecule has 0 unspecified atom stereocenters. The van der Waals surface area contributed by atoms with Gasteiger partial charge in [0.05, 0.1) is 4.92 Å². The monoisotopic (exact) mass is 293 g/mol. The van der Waals surface area contributed by atoms with E-state index in [1.807, 2.05) is 6.92 Å². The van der Waals surface area contributed by atoms with Crippen molar-refractivity contribution in [1.82, 2.24) is 4.31 Å². The molecule has 0 fully saturated rings. The summed E-state index contributed by atoms with van der Waals surface area (Å²) >= 11 is 0.867. The van der Waals surface area contributed by atoms with Gasteiger partial charge in [-0.25, -0.2) is 12.7 Å². The summed E-state index contributed by atoms with van der Waals surface area (Å²) in [7, 11) is -0.658. The molecular weight excluding hydrogens is 278 g/mol. The average Bonchev–Trinajstić information content (AvgIpc) is 2.73. The first kappa shape index (κ1) is 14.9. The minimum Gasteiger partial charge on any atom is -0.374 e. The van der Waals surface area contributed by atoms with Gasteiger partial charge in [-0.1, -0.05) is 18.3 Å². The Labute approximate surface area is 110 Å². The van der Waals surface area contributed by atoms with Gasteiger partial charge in [0.1, 0.15) is 4.21 Å². The van der Waals surface area contributed by atoms with Crippen LogP contribution in [0.2, 0.25) is 0 Å². The molecule has 0 radical (unpaired) electrons. The van der Waals surface area contributed by atoms with Gasteiger partial charge in [0.25, 0.3) is 10.0 Å². The fourth-order valence-electron chi connectivity index (χ4n) is 1.39. The topological polar surface area (TPSA) is 92.5 Å². The second kappa shape index (κ2) is 5.63. The van der Waals surface area contributed by atoms with E-state index in [0.29, 0.717) is 13.0 Å². The Hall–Kier alpha value is -1.19. The van der Waals surface area contributed by atoms with E-state index in [2.05, 4.69) is 5.32 Å². The van der Waals surface area contributed by atoms with Crippen LogP contribution in [-0.2, 0) is 10.0 Å². The molecule has 1 heterocycles. The zero-order chi connectivity index (χ0) is 13.9. The fraction of sp³-hybridized carbons (Fsp3) is 0.556. The minimum atomic E-state index is -3.64. The smallest absolute Gasteiger partial charge is 0.304 e. The van der Waals surface area contributed by atoms with Crippen LogP contribution < -0.4 is 5.32 Å². The van der Waals surface area contributed by atoms with Crippen molar-refractivity contribution in [2.75, 3.05) is 26.0 Å². The van der Waals surface area contributed by atoms with E-state index < -0.39 is 14.9 Å². The summed E-state index contributed by atoms with van der Waals surface area (Å²) in [5.41, 5.74) is -0.217. The summed E-state index contributed by atoms with van der Waals surface area (Å²) in [4.78, 5) is 10.2. The Morgan fingerprint density at radius 2 is 2.17 bits per heavy atom. The third kappa shape index (κ3) is 2.79. The lowest BCUT2D eigenvalue weighted by Crippen LogP contribution is -2.26. The molecule has 1 aromatic heterocycles. The maximum Gasteiger partial charge on any atom is 0.304 e. The summed E-state index contributed by atoms with van der Waals surface area (Å²) in [6, 6.07) is 1.10. The molecule has 7 nitrogen and oxygen atoms in total. The lowest BCUT2D eigenvalue weighted by atomic mass is 10.5. The van der Waals surface area contributed by atoms with E-state index >= 15 is 0 Å². The van der Waals surface area contributed by atoms with Crippen LogP contribution in [0.1, 0.15) is 13.3 Å². The van der Waals surface area contributed by atoms with Gasteiger partial charge < -0.3 is 5.32 Å². The van der Waals surface area contributed by atoms with Gasteiger partial charge in [0.15, 0.2) is 5.00 Å². The standard InChI is InChI=1S/C9H15N3O4S2/c1-4-5-11(3)18(15,16)8-6-7(12(13)14)9(10-2)17-8/h6,10H,4-5H2,1-3H3. The van der Waals surface area contributed by atoms with Crippen molar-refractivity contribution < 1.29 is 13.3 Å². The van der Waals surface area contributed by atoms with E-state index in [9.17, 15) is 18.5 Å². The normalized spacial score (nSPS) is 11.8. The first-order valence-corrected chi connectivity index (χ1v) is 7.52. The highest BCUT2D eigenvalue weighted by Gasteiger charge is 2.28. The maximum atomic E-state index is 12.1. The number of rotatable bonds is 6. The van der Waals surface area contributed by atoms with E-state index in [1.165, 1.54) is 18.4 Å². The fourth-order valence-corrected chi connectivity index (χ4v) is 4.15. The van der Waals surface area contributed by atoms with Crippen LogP contribution in [0.5, 0.6) is 0 Å². The van der Waals surface area contributed by atoms with Crippen molar-refractivity contribution in [3.8, 4) is 0 Å². The Morgan fingerprint density at radius 3 is 2.56 bits per heavy atom. The van der Waals surface area contributed by atoms with Crippen molar-refractivity contribution in [3.05, 3.63) is 16.2 Å². The molecule has 1 rings (SSSR count). The number of nitrogens with one attached hydrogen (secondary N) is 1. The first-order chi connectivity index (χ1) is 8.34. The van der Waals surface area contributed by atoms with Gasteiger partial charge in [-0.05, 0) is 6.42 Å². The number of hydrogen-bond acceptors (Lipinski definition) is 6. The second-order valence-corrected chi connectivity index (χ2v) is 6.94. The number of thiophene rings is 1. The zero-order valence-corrected chi connectivity index (χ0v) is 12.0. The Balaban J connectivity index is 3.22. The summed E-state index contributed by atoms with van der Waals surface area (Å²) in [5.74, 6) is 0. The van der Waals surface area contributed by atoms with Crippen molar-refractivity contribution in [1.29, 1.82) is 0 Å². The zero-order valence-electron chi connectivity index (χ0n) is 10.3. The van der Waals surface area contributed by atoms with Gasteiger partial charge in [0.2, 0.25) is 0 Å². The second-order valence-electron chi connectivity index (χ2n) is 3.61. The van der Waals surface area contributed by atoms with Gasteiger partial charge in [-0.3, -0.25) is 10.1 Å². The highest BCUT2D eigenvalue weighted by molar-refractivity contribution is 7.91. The minimum absolute atomic E-state index is 0.0190. The molecule has 102 valence electrons. The molecule has 1 aromatic rings. The Kier molecular flexibility index (Phi) is 4.65. The largest absolute Gasteiger partial charge is 0.374 e. The molecule has 18 heavy (non-hydrogen) atoms. The van der Waals surface area contributed by atoms with Crippen molar-refractivity contribution in [3.63, 3.8) is 0 Å². The van der Waals surface area contributed by atoms with Crippen LogP contribution in [0.3, 0.4) is 0 Å². The predicted molar refractivity (Wildman–Crippen MR) is 70.6 cm³/mol. The van der Waals surface area contributed by atoms with E-state index in [0.717, 1.165) is 17.4 Å². The van der Waals surface area contributed by atoms with Crippen LogP contribution in [0.4, 0.5) is 10.7 Å². The predicted octanol–water partition coefficient (Wildman–Crippen LogP) is 1.73. The Bertz CT molecular complexity index is 538. The first-order valence-electron chi connectivity index (χ1n) is 5.26. The quantitative estimate of drug-likeness (QED) is 0.637. The van der Waals surface area contributed by atoms with Crippen LogP contribution >= 0.6 is 11.3 Å². The van der Waals surface area contributed by atoms with Crippen LogP contribution in [0, 0.1) is 10.1 Å². The van der Waals surface area contributed by atoms with Crippen molar-refractivity contribution >= 4 is 32.0 Å². The van der Waals surface area contributed by atoms with Gasteiger partial charge in [-0.15, -0.1) is 0 Å². The molecule has 0 saturated heterocycles. The summed E-state index contributed by atoms with van der Waals surface area (Å²) in [6.45, 7) is 2.24. The molecule has 0 spiro atoms. The van der Waals surface area contributed by atoms with E-state index in [1.54, 1.807) is 0 Å².